The molecule has 0 radical (unpaired) electrons. The van der Waals surface area contributed by atoms with Crippen LogP contribution < -0.4 is 21.3 Å². The van der Waals surface area contributed by atoms with Gasteiger partial charge in [0.25, 0.3) is 11.5 Å². The van der Waals surface area contributed by atoms with Crippen LogP contribution in [-0.4, -0.2) is 36.8 Å². The summed E-state index contributed by atoms with van der Waals surface area (Å²) in [7, 11) is -0.244. The Bertz CT molecular complexity index is 1650. The fourth-order valence-corrected chi connectivity index (χ4v) is 5.26. The van der Waals surface area contributed by atoms with E-state index in [0.717, 1.165) is 27.7 Å². The number of rotatable bonds is 7. The van der Waals surface area contributed by atoms with Crippen LogP contribution in [0, 0.1) is 0 Å². The molecule has 4 aromatic rings. The van der Waals surface area contributed by atoms with Gasteiger partial charge in [-0.1, -0.05) is 24.3 Å². The Morgan fingerprint density at radius 1 is 1.06 bits per heavy atom. The Hall–Kier alpha value is -3.70. The number of carbonyl (C=O) groups is 1. The van der Waals surface area contributed by atoms with Gasteiger partial charge >= 0.3 is 5.69 Å². The molecule has 2 heterocycles. The van der Waals surface area contributed by atoms with Gasteiger partial charge in [-0.15, -0.1) is 11.3 Å². The zero-order valence-electron chi connectivity index (χ0n) is 19.3. The normalized spacial score (nSPS) is 11.5. The summed E-state index contributed by atoms with van der Waals surface area (Å²) in [5.41, 5.74) is 0.413. The second kappa shape index (κ2) is 9.51. The third-order valence-electron chi connectivity index (χ3n) is 5.51. The topological polar surface area (TPSA) is 116 Å². The highest BCUT2D eigenvalue weighted by Gasteiger charge is 2.18. The Kier molecular flexibility index (Phi) is 6.64. The van der Waals surface area contributed by atoms with E-state index in [1.807, 2.05) is 24.3 Å². The summed E-state index contributed by atoms with van der Waals surface area (Å²) in [6, 6.07) is 14.8. The minimum absolute atomic E-state index is 0.0291. The number of methoxy groups -OCH3 is 1. The second-order valence-corrected chi connectivity index (χ2v) is 11.1. The third-order valence-corrected chi connectivity index (χ3v) is 7.85. The van der Waals surface area contributed by atoms with Crippen molar-refractivity contribution < 1.29 is 17.9 Å². The lowest BCUT2D eigenvalue weighted by atomic mass is 10.2. The molecule has 1 amide bonds. The summed E-state index contributed by atoms with van der Waals surface area (Å²) in [5.74, 6) is 0.323. The average molecular weight is 514 g/mol. The van der Waals surface area contributed by atoms with Crippen LogP contribution in [0.25, 0.3) is 10.2 Å². The molecule has 0 saturated heterocycles. The van der Waals surface area contributed by atoms with Gasteiger partial charge in [0.2, 0.25) is 0 Å². The maximum Gasteiger partial charge on any atom is 0.332 e. The van der Waals surface area contributed by atoms with Crippen LogP contribution in [0.1, 0.15) is 20.8 Å². The second-order valence-electron chi connectivity index (χ2n) is 8.01. The van der Waals surface area contributed by atoms with Crippen molar-refractivity contribution >= 4 is 37.3 Å². The van der Waals surface area contributed by atoms with Crippen LogP contribution in [0.5, 0.6) is 5.75 Å². The third kappa shape index (κ3) is 5.05. The predicted molar refractivity (Wildman–Crippen MR) is 134 cm³/mol. The van der Waals surface area contributed by atoms with E-state index in [1.54, 1.807) is 26.3 Å². The Morgan fingerprint density at radius 2 is 1.77 bits per heavy atom. The molecule has 35 heavy (non-hydrogen) atoms. The first-order chi connectivity index (χ1) is 16.6. The summed E-state index contributed by atoms with van der Waals surface area (Å²) >= 11 is 1.07. The van der Waals surface area contributed by atoms with E-state index in [4.69, 9.17) is 4.74 Å². The number of hydrogen-bond donors (Lipinski definition) is 1. The Balaban J connectivity index is 1.62. The van der Waals surface area contributed by atoms with Crippen molar-refractivity contribution in [3.8, 4) is 5.75 Å². The number of sulfone groups is 1. The maximum absolute atomic E-state index is 13.1. The summed E-state index contributed by atoms with van der Waals surface area (Å²) in [5, 5.41) is 3.08. The highest BCUT2D eigenvalue weighted by Crippen LogP contribution is 2.22. The largest absolute Gasteiger partial charge is 0.497 e. The number of carbonyl (C=O) groups excluding carboxylic acids is 1. The van der Waals surface area contributed by atoms with Gasteiger partial charge in [0.15, 0.2) is 9.84 Å². The smallest absolute Gasteiger partial charge is 0.332 e. The number of thiophene rings is 1. The number of benzene rings is 2. The van der Waals surface area contributed by atoms with Crippen LogP contribution in [-0.2, 0) is 30.0 Å². The lowest BCUT2D eigenvalue weighted by Crippen LogP contribution is -2.38. The van der Waals surface area contributed by atoms with Gasteiger partial charge in [0.1, 0.15) is 10.6 Å². The predicted octanol–water partition coefficient (Wildman–Crippen LogP) is 2.15. The Labute approximate surface area is 205 Å². The van der Waals surface area contributed by atoms with E-state index in [0.29, 0.717) is 21.0 Å². The van der Waals surface area contributed by atoms with E-state index in [-0.39, 0.29) is 29.3 Å². The Morgan fingerprint density at radius 3 is 2.43 bits per heavy atom. The molecule has 11 heteroatoms. The van der Waals surface area contributed by atoms with Gasteiger partial charge in [0, 0.05) is 19.8 Å². The SMILES string of the molecule is COc1cccc(CNC(=O)c2cc3c(=O)n(Cc4ccc(S(C)(=O)=O)cc4)c(=O)n(C)c3s2)c1. The molecule has 182 valence electrons. The van der Waals surface area contributed by atoms with Crippen molar-refractivity contribution in [3.05, 3.63) is 91.4 Å². The van der Waals surface area contributed by atoms with Crippen molar-refractivity contribution in [2.75, 3.05) is 13.4 Å². The van der Waals surface area contributed by atoms with Gasteiger partial charge in [0.05, 0.1) is 28.8 Å². The highest BCUT2D eigenvalue weighted by atomic mass is 32.2. The molecule has 0 spiro atoms. The van der Waals surface area contributed by atoms with Gasteiger partial charge in [-0.3, -0.25) is 18.7 Å². The molecule has 0 atom stereocenters. The minimum atomic E-state index is -3.35. The van der Waals surface area contributed by atoms with Crippen LogP contribution in [0.2, 0.25) is 0 Å². The number of aromatic nitrogens is 2. The fraction of sp³-hybridized carbons (Fsp3) is 0.208. The van der Waals surface area contributed by atoms with Gasteiger partial charge in [-0.2, -0.15) is 0 Å². The van der Waals surface area contributed by atoms with Crippen LogP contribution in [0.3, 0.4) is 0 Å². The number of ether oxygens (including phenoxy) is 1. The lowest BCUT2D eigenvalue weighted by molar-refractivity contribution is 0.0955. The molecule has 1 N–H and O–H groups in total. The molecule has 0 aliphatic carbocycles. The summed E-state index contributed by atoms with van der Waals surface area (Å²) in [6.07, 6.45) is 1.11. The van der Waals surface area contributed by atoms with E-state index >= 15 is 0 Å². The van der Waals surface area contributed by atoms with Crippen LogP contribution in [0.15, 0.2) is 69.1 Å². The molecule has 9 nitrogen and oxygen atoms in total. The van der Waals surface area contributed by atoms with E-state index in [9.17, 15) is 22.8 Å². The van der Waals surface area contributed by atoms with Crippen molar-refractivity contribution in [1.82, 2.24) is 14.5 Å². The number of nitrogens with one attached hydrogen (secondary N) is 1. The van der Waals surface area contributed by atoms with Crippen molar-refractivity contribution in [3.63, 3.8) is 0 Å². The molecule has 0 aliphatic heterocycles. The highest BCUT2D eigenvalue weighted by molar-refractivity contribution is 7.90. The molecule has 0 aliphatic rings. The van der Waals surface area contributed by atoms with Crippen LogP contribution >= 0.6 is 11.3 Å². The molecular formula is C24H23N3O6S2. The summed E-state index contributed by atoms with van der Waals surface area (Å²) in [4.78, 5) is 39.7. The van der Waals surface area contributed by atoms with E-state index in [1.165, 1.54) is 22.8 Å². The zero-order valence-corrected chi connectivity index (χ0v) is 20.9. The molecule has 0 unspecified atom stereocenters. The maximum atomic E-state index is 13.1. The number of nitrogens with zero attached hydrogens (tertiary/aromatic N) is 2. The quantitative estimate of drug-likeness (QED) is 0.405. The number of amides is 1. The average Bonchev–Trinajstić information content (AvgIpc) is 3.30. The van der Waals surface area contributed by atoms with Crippen LogP contribution in [0.4, 0.5) is 0 Å². The number of aryl methyl sites for hydroxylation is 1. The van der Waals surface area contributed by atoms with Crippen molar-refractivity contribution in [1.29, 1.82) is 0 Å². The fourth-order valence-electron chi connectivity index (χ4n) is 3.61. The lowest BCUT2D eigenvalue weighted by Gasteiger charge is -2.09. The monoisotopic (exact) mass is 513 g/mol. The van der Waals surface area contributed by atoms with Gasteiger partial charge in [-0.05, 0) is 41.5 Å². The molecule has 4 rings (SSSR count). The van der Waals surface area contributed by atoms with E-state index < -0.39 is 21.1 Å². The molecule has 2 aromatic heterocycles. The molecule has 2 aromatic carbocycles. The first-order valence-corrected chi connectivity index (χ1v) is 13.2. The molecule has 0 fully saturated rings. The zero-order chi connectivity index (χ0) is 25.3. The van der Waals surface area contributed by atoms with Crippen molar-refractivity contribution in [2.24, 2.45) is 7.05 Å². The molecule has 0 saturated carbocycles. The standard InChI is InChI=1S/C24H23N3O6S2/c1-26-23-19(12-20(34-23)21(28)25-13-16-5-4-6-17(11-16)33-2)22(29)27(24(26)30)14-15-7-9-18(10-8-15)35(3,31)32/h4-12H,13-14H2,1-3H3,(H,25,28). The van der Waals surface area contributed by atoms with Gasteiger partial charge < -0.3 is 10.1 Å². The first kappa shape index (κ1) is 24.4. The van der Waals surface area contributed by atoms with Crippen molar-refractivity contribution in [2.45, 2.75) is 18.0 Å². The summed E-state index contributed by atoms with van der Waals surface area (Å²) in [6.45, 7) is 0.246. The first-order valence-electron chi connectivity index (χ1n) is 10.5. The number of fused-ring (bicyclic) bond motifs is 1. The molecule has 0 bridgehead atoms. The number of hydrogen-bond acceptors (Lipinski definition) is 7. The minimum Gasteiger partial charge on any atom is -0.497 e. The summed E-state index contributed by atoms with van der Waals surface area (Å²) < 4.78 is 30.9. The molecular weight excluding hydrogens is 490 g/mol. The van der Waals surface area contributed by atoms with Gasteiger partial charge in [-0.25, -0.2) is 13.2 Å². The van der Waals surface area contributed by atoms with E-state index in [2.05, 4.69) is 5.32 Å².